The Hall–Kier alpha value is -1.52. The number of carbonyl (C=O) groups excluding carboxylic acids is 1. The van der Waals surface area contributed by atoms with Crippen LogP contribution >= 0.6 is 23.2 Å². The molecule has 0 aliphatic carbocycles. The van der Waals surface area contributed by atoms with E-state index in [0.29, 0.717) is 32.6 Å². The van der Waals surface area contributed by atoms with E-state index >= 15 is 0 Å². The van der Waals surface area contributed by atoms with Gasteiger partial charge < -0.3 is 9.84 Å². The van der Waals surface area contributed by atoms with E-state index in [1.807, 2.05) is 13.8 Å². The zero-order chi connectivity index (χ0) is 15.6. The van der Waals surface area contributed by atoms with Crippen LogP contribution in [-0.4, -0.2) is 17.1 Å². The minimum atomic E-state index is -0.242. The number of aromatic nitrogens is 1. The maximum absolute atomic E-state index is 12.4. The van der Waals surface area contributed by atoms with Crippen LogP contribution < -0.4 is 5.32 Å². The van der Waals surface area contributed by atoms with Gasteiger partial charge in [-0.25, -0.2) is 0 Å². The highest BCUT2D eigenvalue weighted by molar-refractivity contribution is 6.39. The van der Waals surface area contributed by atoms with E-state index in [1.165, 1.54) is 0 Å². The molecule has 0 aliphatic heterocycles. The molecule has 0 fully saturated rings. The summed E-state index contributed by atoms with van der Waals surface area (Å²) in [5, 5.41) is 7.70. The van der Waals surface area contributed by atoms with Crippen LogP contribution in [-0.2, 0) is 0 Å². The highest BCUT2D eigenvalue weighted by Gasteiger charge is 2.25. The third kappa shape index (κ3) is 3.22. The Bertz CT molecular complexity index is 647. The van der Waals surface area contributed by atoms with Gasteiger partial charge in [0.2, 0.25) is 0 Å². The smallest absolute Gasteiger partial charge is 0.257 e. The SMILES string of the molecule is CC[C@@H](C)NC(=O)c1c(-c2c(Cl)cccc2Cl)noc1C. The summed E-state index contributed by atoms with van der Waals surface area (Å²) in [5.74, 6) is 0.191. The number of carbonyl (C=O) groups is 1. The number of halogens is 2. The average Bonchev–Trinajstić information content (AvgIpc) is 2.80. The maximum Gasteiger partial charge on any atom is 0.257 e. The summed E-state index contributed by atoms with van der Waals surface area (Å²) in [5.41, 5.74) is 1.24. The van der Waals surface area contributed by atoms with Crippen molar-refractivity contribution >= 4 is 29.1 Å². The van der Waals surface area contributed by atoms with E-state index in [0.717, 1.165) is 6.42 Å². The molecule has 6 heteroatoms. The summed E-state index contributed by atoms with van der Waals surface area (Å²) in [6.07, 6.45) is 0.832. The number of hydrogen-bond acceptors (Lipinski definition) is 3. The van der Waals surface area contributed by atoms with Crippen LogP contribution in [0.2, 0.25) is 10.0 Å². The Labute approximate surface area is 133 Å². The monoisotopic (exact) mass is 326 g/mol. The Kier molecular flexibility index (Phi) is 4.91. The Balaban J connectivity index is 2.50. The lowest BCUT2D eigenvalue weighted by Gasteiger charge is -2.12. The highest BCUT2D eigenvalue weighted by Crippen LogP contribution is 2.36. The van der Waals surface area contributed by atoms with Gasteiger partial charge in [-0.3, -0.25) is 4.79 Å². The van der Waals surface area contributed by atoms with Gasteiger partial charge in [-0.05, 0) is 32.4 Å². The molecule has 0 saturated heterocycles. The Morgan fingerprint density at radius 3 is 2.57 bits per heavy atom. The quantitative estimate of drug-likeness (QED) is 0.900. The van der Waals surface area contributed by atoms with Crippen molar-refractivity contribution in [2.24, 2.45) is 0 Å². The van der Waals surface area contributed by atoms with Gasteiger partial charge in [-0.2, -0.15) is 0 Å². The van der Waals surface area contributed by atoms with Gasteiger partial charge in [0.05, 0.1) is 10.0 Å². The first-order valence-electron chi connectivity index (χ1n) is 6.67. The van der Waals surface area contributed by atoms with Crippen LogP contribution in [0.4, 0.5) is 0 Å². The summed E-state index contributed by atoms with van der Waals surface area (Å²) in [7, 11) is 0. The van der Waals surface area contributed by atoms with Crippen LogP contribution in [0.5, 0.6) is 0 Å². The lowest BCUT2D eigenvalue weighted by molar-refractivity contribution is 0.0938. The molecular weight excluding hydrogens is 311 g/mol. The van der Waals surface area contributed by atoms with Gasteiger partial charge >= 0.3 is 0 Å². The van der Waals surface area contributed by atoms with E-state index < -0.39 is 0 Å². The van der Waals surface area contributed by atoms with E-state index in [-0.39, 0.29) is 11.9 Å². The molecule has 1 N–H and O–H groups in total. The third-order valence-corrected chi connectivity index (χ3v) is 3.91. The van der Waals surface area contributed by atoms with Crippen molar-refractivity contribution in [1.82, 2.24) is 10.5 Å². The lowest BCUT2D eigenvalue weighted by Crippen LogP contribution is -2.32. The van der Waals surface area contributed by atoms with Crippen molar-refractivity contribution < 1.29 is 9.32 Å². The largest absolute Gasteiger partial charge is 0.360 e. The zero-order valence-corrected chi connectivity index (χ0v) is 13.5. The third-order valence-electron chi connectivity index (χ3n) is 3.28. The minimum Gasteiger partial charge on any atom is -0.360 e. The normalized spacial score (nSPS) is 12.2. The number of aryl methyl sites for hydroxylation is 1. The van der Waals surface area contributed by atoms with Crippen LogP contribution in [0.1, 0.15) is 36.4 Å². The van der Waals surface area contributed by atoms with Gasteiger partial charge in [-0.15, -0.1) is 0 Å². The lowest BCUT2D eigenvalue weighted by atomic mass is 10.0. The second-order valence-electron chi connectivity index (χ2n) is 4.84. The molecule has 2 aromatic rings. The van der Waals surface area contributed by atoms with Gasteiger partial charge in [0.25, 0.3) is 5.91 Å². The molecule has 4 nitrogen and oxygen atoms in total. The molecule has 0 bridgehead atoms. The van der Waals surface area contributed by atoms with Crippen molar-refractivity contribution in [2.75, 3.05) is 0 Å². The molecule has 0 unspecified atom stereocenters. The molecule has 0 aliphatic rings. The van der Waals surface area contributed by atoms with Crippen LogP contribution in [0.25, 0.3) is 11.3 Å². The summed E-state index contributed by atoms with van der Waals surface area (Å²) < 4.78 is 5.17. The fraction of sp³-hybridized carbons (Fsp3) is 0.333. The molecule has 0 radical (unpaired) electrons. The predicted octanol–water partition coefficient (Wildman–Crippen LogP) is 4.49. The van der Waals surface area contributed by atoms with Gasteiger partial charge in [-0.1, -0.05) is 41.3 Å². The molecule has 21 heavy (non-hydrogen) atoms. The molecule has 1 atom stereocenters. The van der Waals surface area contributed by atoms with Crippen molar-refractivity contribution in [3.8, 4) is 11.3 Å². The fourth-order valence-electron chi connectivity index (χ4n) is 1.93. The van der Waals surface area contributed by atoms with E-state index in [4.69, 9.17) is 27.7 Å². The van der Waals surface area contributed by atoms with Crippen LogP contribution in [0.15, 0.2) is 22.7 Å². The summed E-state index contributed by atoms with van der Waals surface area (Å²) in [6.45, 7) is 5.62. The first kappa shape index (κ1) is 15.9. The van der Waals surface area contributed by atoms with E-state index in [9.17, 15) is 4.79 Å². The van der Waals surface area contributed by atoms with Crippen molar-refractivity contribution in [3.63, 3.8) is 0 Å². The van der Waals surface area contributed by atoms with E-state index in [2.05, 4.69) is 10.5 Å². The topological polar surface area (TPSA) is 55.1 Å². The average molecular weight is 327 g/mol. The number of benzene rings is 1. The van der Waals surface area contributed by atoms with Crippen molar-refractivity contribution in [3.05, 3.63) is 39.6 Å². The minimum absolute atomic E-state index is 0.0568. The molecule has 112 valence electrons. The number of rotatable bonds is 4. The first-order chi connectivity index (χ1) is 9.95. The molecule has 1 amide bonds. The standard InChI is InChI=1S/C15H16Cl2N2O2/c1-4-8(2)18-15(20)12-9(3)21-19-14(12)13-10(16)6-5-7-11(13)17/h5-8H,4H2,1-3H3,(H,18,20)/t8-/m1/s1. The summed E-state index contributed by atoms with van der Waals surface area (Å²) >= 11 is 12.4. The number of nitrogens with one attached hydrogen (secondary N) is 1. The van der Waals surface area contributed by atoms with Gasteiger partial charge in [0.15, 0.2) is 0 Å². The fourth-order valence-corrected chi connectivity index (χ4v) is 2.51. The van der Waals surface area contributed by atoms with Crippen molar-refractivity contribution in [1.29, 1.82) is 0 Å². The summed E-state index contributed by atoms with van der Waals surface area (Å²) in [6, 6.07) is 5.19. The van der Waals surface area contributed by atoms with Gasteiger partial charge in [0, 0.05) is 11.6 Å². The molecular formula is C15H16Cl2N2O2. The predicted molar refractivity (Wildman–Crippen MR) is 83.9 cm³/mol. The van der Waals surface area contributed by atoms with Gasteiger partial charge in [0.1, 0.15) is 17.0 Å². The molecule has 0 spiro atoms. The molecule has 1 aromatic carbocycles. The Morgan fingerprint density at radius 2 is 2.00 bits per heavy atom. The highest BCUT2D eigenvalue weighted by atomic mass is 35.5. The first-order valence-corrected chi connectivity index (χ1v) is 7.42. The maximum atomic E-state index is 12.4. The van der Waals surface area contributed by atoms with Crippen LogP contribution in [0.3, 0.4) is 0 Å². The van der Waals surface area contributed by atoms with E-state index in [1.54, 1.807) is 25.1 Å². The van der Waals surface area contributed by atoms with Crippen LogP contribution in [0, 0.1) is 6.92 Å². The Morgan fingerprint density at radius 1 is 1.38 bits per heavy atom. The number of nitrogens with zero attached hydrogens (tertiary/aromatic N) is 1. The molecule has 1 aromatic heterocycles. The van der Waals surface area contributed by atoms with Crippen molar-refractivity contribution in [2.45, 2.75) is 33.2 Å². The molecule has 1 heterocycles. The zero-order valence-electron chi connectivity index (χ0n) is 12.0. The second-order valence-corrected chi connectivity index (χ2v) is 5.66. The molecule has 0 saturated carbocycles. The second kappa shape index (κ2) is 6.50. The number of amides is 1. The number of hydrogen-bond donors (Lipinski definition) is 1. The molecule has 2 rings (SSSR count). The summed E-state index contributed by atoms with van der Waals surface area (Å²) in [4.78, 5) is 12.4.